The van der Waals surface area contributed by atoms with Gasteiger partial charge in [-0.1, -0.05) is 13.8 Å². The van der Waals surface area contributed by atoms with Crippen LogP contribution in [0.15, 0.2) is 28.9 Å². The van der Waals surface area contributed by atoms with Gasteiger partial charge in [-0.15, -0.1) is 0 Å². The van der Waals surface area contributed by atoms with Gasteiger partial charge in [-0.2, -0.15) is 0 Å². The number of furan rings is 1. The third kappa shape index (κ3) is 4.81. The van der Waals surface area contributed by atoms with Gasteiger partial charge in [0.25, 0.3) is 5.91 Å². The van der Waals surface area contributed by atoms with Crippen molar-refractivity contribution >= 4 is 11.9 Å². The van der Waals surface area contributed by atoms with Crippen molar-refractivity contribution in [1.29, 1.82) is 0 Å². The maximum Gasteiger partial charge on any atom is 0.270 e. The Kier molecular flexibility index (Phi) is 6.14. The molecular formula is C17H24N4O2. The van der Waals surface area contributed by atoms with Crippen LogP contribution < -0.4 is 10.2 Å². The Balaban J connectivity index is 2.13. The molecule has 23 heavy (non-hydrogen) atoms. The van der Waals surface area contributed by atoms with Gasteiger partial charge in [0, 0.05) is 18.8 Å². The van der Waals surface area contributed by atoms with Crippen LogP contribution >= 0.6 is 0 Å². The van der Waals surface area contributed by atoms with Crippen molar-refractivity contribution in [2.24, 2.45) is 0 Å². The second kappa shape index (κ2) is 8.31. The third-order valence-corrected chi connectivity index (χ3v) is 3.35. The molecule has 2 aromatic heterocycles. The Labute approximate surface area is 136 Å². The molecule has 2 heterocycles. The van der Waals surface area contributed by atoms with E-state index in [0.29, 0.717) is 23.9 Å². The Morgan fingerprint density at radius 1 is 1.26 bits per heavy atom. The zero-order valence-electron chi connectivity index (χ0n) is 14.0. The molecule has 2 aromatic rings. The predicted octanol–water partition coefficient (Wildman–Crippen LogP) is 2.93. The lowest BCUT2D eigenvalue weighted by molar-refractivity contribution is 0.0943. The van der Waals surface area contributed by atoms with Gasteiger partial charge in [-0.25, -0.2) is 9.97 Å². The van der Waals surface area contributed by atoms with E-state index in [1.54, 1.807) is 18.4 Å². The Morgan fingerprint density at radius 3 is 2.61 bits per heavy atom. The molecule has 0 unspecified atom stereocenters. The number of aromatic nitrogens is 2. The summed E-state index contributed by atoms with van der Waals surface area (Å²) in [5.41, 5.74) is 1.17. The highest BCUT2D eigenvalue weighted by atomic mass is 16.3. The second-order valence-electron chi connectivity index (χ2n) is 5.44. The first-order valence-corrected chi connectivity index (χ1v) is 8.05. The minimum Gasteiger partial charge on any atom is -0.467 e. The molecule has 0 radical (unpaired) electrons. The largest absolute Gasteiger partial charge is 0.467 e. The van der Waals surface area contributed by atoms with Crippen molar-refractivity contribution < 1.29 is 9.21 Å². The van der Waals surface area contributed by atoms with E-state index in [2.05, 4.69) is 34.0 Å². The summed E-state index contributed by atoms with van der Waals surface area (Å²) in [6.07, 6.45) is 3.61. The maximum absolute atomic E-state index is 12.3. The average Bonchev–Trinajstić information content (AvgIpc) is 3.05. The number of nitrogens with one attached hydrogen (secondary N) is 1. The standard InChI is InChI=1S/C17H24N4O2/c1-4-8-21(9-5-2)17-19-13(3)11-15(20-17)16(22)18-12-14-7-6-10-23-14/h6-7,10-11H,4-5,8-9,12H2,1-3H3,(H,18,22). The molecular weight excluding hydrogens is 292 g/mol. The van der Waals surface area contributed by atoms with Crippen LogP contribution in [0.4, 0.5) is 5.95 Å². The van der Waals surface area contributed by atoms with E-state index < -0.39 is 0 Å². The van der Waals surface area contributed by atoms with E-state index in [9.17, 15) is 4.79 Å². The van der Waals surface area contributed by atoms with E-state index >= 15 is 0 Å². The van der Waals surface area contributed by atoms with Crippen molar-refractivity contribution in [3.8, 4) is 0 Å². The number of carbonyl (C=O) groups is 1. The first kappa shape index (κ1) is 17.0. The van der Waals surface area contributed by atoms with Crippen LogP contribution in [0, 0.1) is 6.92 Å². The van der Waals surface area contributed by atoms with Gasteiger partial charge in [-0.05, 0) is 38.0 Å². The van der Waals surface area contributed by atoms with E-state index in [0.717, 1.165) is 31.6 Å². The van der Waals surface area contributed by atoms with Gasteiger partial charge >= 0.3 is 0 Å². The molecule has 0 bridgehead atoms. The highest BCUT2D eigenvalue weighted by Gasteiger charge is 2.14. The van der Waals surface area contributed by atoms with E-state index in [4.69, 9.17) is 4.42 Å². The van der Waals surface area contributed by atoms with E-state index in [-0.39, 0.29) is 5.91 Å². The predicted molar refractivity (Wildman–Crippen MR) is 89.4 cm³/mol. The number of anilines is 1. The van der Waals surface area contributed by atoms with Crippen LogP contribution in [-0.4, -0.2) is 29.0 Å². The first-order valence-electron chi connectivity index (χ1n) is 8.05. The molecule has 0 saturated carbocycles. The Bertz CT molecular complexity index is 620. The van der Waals surface area contributed by atoms with Crippen molar-refractivity contribution in [2.45, 2.75) is 40.2 Å². The van der Waals surface area contributed by atoms with E-state index in [1.165, 1.54) is 0 Å². The average molecular weight is 316 g/mol. The summed E-state index contributed by atoms with van der Waals surface area (Å²) in [6.45, 7) is 8.22. The normalized spacial score (nSPS) is 10.6. The number of aryl methyl sites for hydroxylation is 1. The number of hydrogen-bond acceptors (Lipinski definition) is 5. The molecule has 1 N–H and O–H groups in total. The van der Waals surface area contributed by atoms with Crippen molar-refractivity contribution in [2.75, 3.05) is 18.0 Å². The van der Waals surface area contributed by atoms with Crippen LogP contribution in [0.25, 0.3) is 0 Å². The van der Waals surface area contributed by atoms with Crippen LogP contribution in [0.2, 0.25) is 0 Å². The Morgan fingerprint density at radius 2 is 2.00 bits per heavy atom. The summed E-state index contributed by atoms with van der Waals surface area (Å²) >= 11 is 0. The molecule has 0 fully saturated rings. The van der Waals surface area contributed by atoms with Crippen LogP contribution in [0.3, 0.4) is 0 Å². The van der Waals surface area contributed by atoms with Gasteiger partial charge in [0.05, 0.1) is 12.8 Å². The third-order valence-electron chi connectivity index (χ3n) is 3.35. The van der Waals surface area contributed by atoms with Crippen LogP contribution in [-0.2, 0) is 6.54 Å². The summed E-state index contributed by atoms with van der Waals surface area (Å²) < 4.78 is 5.21. The fourth-order valence-corrected chi connectivity index (χ4v) is 2.33. The smallest absolute Gasteiger partial charge is 0.270 e. The number of amides is 1. The molecule has 1 amide bonds. The summed E-state index contributed by atoms with van der Waals surface area (Å²) in [7, 11) is 0. The zero-order valence-corrected chi connectivity index (χ0v) is 14.0. The Hall–Kier alpha value is -2.37. The molecule has 6 heteroatoms. The fraction of sp³-hybridized carbons (Fsp3) is 0.471. The molecule has 0 aliphatic heterocycles. The number of rotatable bonds is 8. The molecule has 0 aliphatic rings. The monoisotopic (exact) mass is 316 g/mol. The molecule has 0 aromatic carbocycles. The summed E-state index contributed by atoms with van der Waals surface area (Å²) in [6, 6.07) is 5.32. The molecule has 2 rings (SSSR count). The highest BCUT2D eigenvalue weighted by Crippen LogP contribution is 2.12. The van der Waals surface area contributed by atoms with Gasteiger partial charge in [0.2, 0.25) is 5.95 Å². The lowest BCUT2D eigenvalue weighted by Gasteiger charge is -2.22. The van der Waals surface area contributed by atoms with Crippen LogP contribution in [0.1, 0.15) is 48.6 Å². The zero-order chi connectivity index (χ0) is 16.7. The number of nitrogens with zero attached hydrogens (tertiary/aromatic N) is 3. The lowest BCUT2D eigenvalue weighted by Crippen LogP contribution is -2.29. The molecule has 0 spiro atoms. The molecule has 0 saturated heterocycles. The van der Waals surface area contributed by atoms with Crippen molar-refractivity contribution in [3.63, 3.8) is 0 Å². The molecule has 0 aliphatic carbocycles. The SMILES string of the molecule is CCCN(CCC)c1nc(C)cc(C(=O)NCc2ccco2)n1. The summed E-state index contributed by atoms with van der Waals surface area (Å²) in [4.78, 5) is 23.4. The summed E-state index contributed by atoms with van der Waals surface area (Å²) in [5.74, 6) is 1.11. The van der Waals surface area contributed by atoms with Crippen molar-refractivity contribution in [3.05, 3.63) is 41.6 Å². The molecule has 6 nitrogen and oxygen atoms in total. The maximum atomic E-state index is 12.3. The molecule has 124 valence electrons. The van der Waals surface area contributed by atoms with Gasteiger partial charge < -0.3 is 14.6 Å². The van der Waals surface area contributed by atoms with Gasteiger partial charge in [0.1, 0.15) is 11.5 Å². The number of carbonyl (C=O) groups excluding carboxylic acids is 1. The van der Waals surface area contributed by atoms with Gasteiger partial charge in [-0.3, -0.25) is 4.79 Å². The topological polar surface area (TPSA) is 71.3 Å². The first-order chi connectivity index (χ1) is 11.1. The van der Waals surface area contributed by atoms with Crippen molar-refractivity contribution in [1.82, 2.24) is 15.3 Å². The summed E-state index contributed by atoms with van der Waals surface area (Å²) in [5, 5.41) is 2.82. The van der Waals surface area contributed by atoms with Gasteiger partial charge in [0.15, 0.2) is 0 Å². The van der Waals surface area contributed by atoms with Crippen LogP contribution in [0.5, 0.6) is 0 Å². The van der Waals surface area contributed by atoms with E-state index in [1.807, 2.05) is 13.0 Å². The molecule has 0 atom stereocenters. The lowest BCUT2D eigenvalue weighted by atomic mass is 10.3. The highest BCUT2D eigenvalue weighted by molar-refractivity contribution is 5.92. The fourth-order valence-electron chi connectivity index (χ4n) is 2.33. The minimum absolute atomic E-state index is 0.221. The number of hydrogen-bond donors (Lipinski definition) is 1. The minimum atomic E-state index is -0.221. The second-order valence-corrected chi connectivity index (χ2v) is 5.44. The quantitative estimate of drug-likeness (QED) is 0.810.